The maximum Gasteiger partial charge on any atom is 0.157 e. The lowest BCUT2D eigenvalue weighted by Gasteiger charge is -2.29. The second-order valence-corrected chi connectivity index (χ2v) is 8.77. The van der Waals surface area contributed by atoms with Crippen molar-refractivity contribution in [3.8, 4) is 6.07 Å². The summed E-state index contributed by atoms with van der Waals surface area (Å²) in [5, 5.41) is 10.5. The fraction of sp³-hybridized carbons (Fsp3) is 0.345. The molecule has 0 bridgehead atoms. The first-order valence-corrected chi connectivity index (χ1v) is 11.7. The van der Waals surface area contributed by atoms with Gasteiger partial charge in [0.2, 0.25) is 0 Å². The highest BCUT2D eigenvalue weighted by Crippen LogP contribution is 2.25. The third-order valence-electron chi connectivity index (χ3n) is 6.35. The monoisotopic (exact) mass is 443 g/mol. The average Bonchev–Trinajstić information content (AvgIpc) is 2.86. The molecular weight excluding hydrogens is 413 g/mol. The summed E-state index contributed by atoms with van der Waals surface area (Å²) in [6, 6.07) is 19.5. The fourth-order valence-electron chi connectivity index (χ4n) is 4.31. The smallest absolute Gasteiger partial charge is 0.157 e. The van der Waals surface area contributed by atoms with Crippen LogP contribution in [0.5, 0.6) is 0 Å². The fourth-order valence-corrected chi connectivity index (χ4v) is 4.31. The summed E-state index contributed by atoms with van der Waals surface area (Å²) >= 11 is 0. The van der Waals surface area contributed by atoms with Gasteiger partial charge in [-0.2, -0.15) is 5.26 Å². The number of halogens is 1. The van der Waals surface area contributed by atoms with Crippen LogP contribution in [0.25, 0.3) is 10.8 Å². The minimum absolute atomic E-state index is 0.141. The van der Waals surface area contributed by atoms with E-state index in [0.717, 1.165) is 67.4 Å². The molecule has 1 aliphatic heterocycles. The molecule has 0 N–H and O–H groups in total. The van der Waals surface area contributed by atoms with Crippen LogP contribution in [0.3, 0.4) is 0 Å². The average molecular weight is 444 g/mol. The molecule has 0 spiro atoms. The van der Waals surface area contributed by atoms with E-state index in [1.165, 1.54) is 0 Å². The summed E-state index contributed by atoms with van der Waals surface area (Å²) in [4.78, 5) is 0. The normalized spacial score (nSPS) is 18.2. The number of aryl methyl sites for hydroxylation is 3. The second kappa shape index (κ2) is 11.2. The van der Waals surface area contributed by atoms with Gasteiger partial charge in [0, 0.05) is 17.7 Å². The van der Waals surface area contributed by atoms with Gasteiger partial charge in [-0.1, -0.05) is 48.5 Å². The van der Waals surface area contributed by atoms with E-state index in [-0.39, 0.29) is 12.1 Å². The SMILES string of the molecule is C=CCCC1COC(CCc2ccc3c(F)c(CCc4ccc(C#N)cc4)ccc3c2)OC1. The number of fused-ring (bicyclic) bond motifs is 1. The van der Waals surface area contributed by atoms with Gasteiger partial charge in [0.1, 0.15) is 5.82 Å². The molecule has 170 valence electrons. The molecule has 4 heteroatoms. The number of nitrogens with zero attached hydrogens (tertiary/aromatic N) is 1. The van der Waals surface area contributed by atoms with E-state index in [2.05, 4.69) is 18.7 Å². The molecule has 1 fully saturated rings. The summed E-state index contributed by atoms with van der Waals surface area (Å²) in [5.41, 5.74) is 3.62. The zero-order valence-corrected chi connectivity index (χ0v) is 18.9. The lowest BCUT2D eigenvalue weighted by atomic mass is 9.98. The molecule has 0 unspecified atom stereocenters. The first-order valence-electron chi connectivity index (χ1n) is 11.7. The third-order valence-corrected chi connectivity index (χ3v) is 6.35. The van der Waals surface area contributed by atoms with Crippen molar-refractivity contribution in [3.05, 3.63) is 95.3 Å². The van der Waals surface area contributed by atoms with Crippen molar-refractivity contribution in [2.24, 2.45) is 5.92 Å². The van der Waals surface area contributed by atoms with Gasteiger partial charge in [0.15, 0.2) is 6.29 Å². The van der Waals surface area contributed by atoms with Crippen molar-refractivity contribution in [2.45, 2.75) is 44.8 Å². The molecule has 0 amide bonds. The van der Waals surface area contributed by atoms with Crippen LogP contribution in [0, 0.1) is 23.1 Å². The van der Waals surface area contributed by atoms with Crippen LogP contribution in [0.2, 0.25) is 0 Å². The minimum atomic E-state index is -0.165. The van der Waals surface area contributed by atoms with Gasteiger partial charge < -0.3 is 9.47 Å². The second-order valence-electron chi connectivity index (χ2n) is 8.77. The van der Waals surface area contributed by atoms with Crippen molar-refractivity contribution < 1.29 is 13.9 Å². The Morgan fingerprint density at radius 3 is 2.42 bits per heavy atom. The first kappa shape index (κ1) is 23.2. The van der Waals surface area contributed by atoms with Gasteiger partial charge in [-0.3, -0.25) is 0 Å². The molecule has 0 radical (unpaired) electrons. The Morgan fingerprint density at radius 1 is 0.939 bits per heavy atom. The van der Waals surface area contributed by atoms with E-state index in [4.69, 9.17) is 14.7 Å². The van der Waals surface area contributed by atoms with Gasteiger partial charge in [0.05, 0.1) is 24.8 Å². The predicted octanol–water partition coefficient (Wildman–Crippen LogP) is 6.52. The van der Waals surface area contributed by atoms with E-state index in [9.17, 15) is 0 Å². The Labute approximate surface area is 195 Å². The summed E-state index contributed by atoms with van der Waals surface area (Å²) in [7, 11) is 0. The van der Waals surface area contributed by atoms with E-state index >= 15 is 4.39 Å². The number of benzene rings is 3. The van der Waals surface area contributed by atoms with Crippen molar-refractivity contribution in [1.29, 1.82) is 5.26 Å². The van der Waals surface area contributed by atoms with Gasteiger partial charge in [-0.25, -0.2) is 4.39 Å². The van der Waals surface area contributed by atoms with E-state index in [1.807, 2.05) is 42.5 Å². The topological polar surface area (TPSA) is 42.2 Å². The number of nitriles is 1. The molecule has 3 nitrogen and oxygen atoms in total. The number of ether oxygens (including phenoxy) is 2. The zero-order chi connectivity index (χ0) is 23.0. The van der Waals surface area contributed by atoms with E-state index < -0.39 is 0 Å². The Hall–Kier alpha value is -3.00. The zero-order valence-electron chi connectivity index (χ0n) is 18.9. The van der Waals surface area contributed by atoms with Crippen LogP contribution in [-0.4, -0.2) is 19.5 Å². The molecule has 0 saturated carbocycles. The summed E-state index contributed by atoms with van der Waals surface area (Å²) in [6.45, 7) is 5.25. The Balaban J connectivity index is 1.33. The maximum atomic E-state index is 15.1. The minimum Gasteiger partial charge on any atom is -0.352 e. The quantitative estimate of drug-likeness (QED) is 0.353. The Morgan fingerprint density at radius 2 is 1.70 bits per heavy atom. The van der Waals surface area contributed by atoms with Crippen molar-refractivity contribution in [2.75, 3.05) is 13.2 Å². The van der Waals surface area contributed by atoms with Crippen molar-refractivity contribution in [3.63, 3.8) is 0 Å². The largest absolute Gasteiger partial charge is 0.352 e. The van der Waals surface area contributed by atoms with E-state index in [0.29, 0.717) is 23.3 Å². The van der Waals surface area contributed by atoms with Crippen LogP contribution in [0.1, 0.15) is 41.5 Å². The molecular formula is C29H30FNO2. The van der Waals surface area contributed by atoms with E-state index in [1.54, 1.807) is 12.1 Å². The molecule has 3 aromatic carbocycles. The lowest BCUT2D eigenvalue weighted by Crippen LogP contribution is -2.32. The predicted molar refractivity (Wildman–Crippen MR) is 129 cm³/mol. The Kier molecular flexibility index (Phi) is 7.88. The number of rotatable bonds is 9. The molecule has 1 aliphatic rings. The molecule has 33 heavy (non-hydrogen) atoms. The maximum absolute atomic E-state index is 15.1. The highest BCUT2D eigenvalue weighted by Gasteiger charge is 2.21. The molecule has 3 aromatic rings. The summed E-state index contributed by atoms with van der Waals surface area (Å²) in [6.07, 6.45) is 6.82. The summed E-state index contributed by atoms with van der Waals surface area (Å²) < 4.78 is 26.9. The highest BCUT2D eigenvalue weighted by molar-refractivity contribution is 5.84. The van der Waals surface area contributed by atoms with Crippen molar-refractivity contribution in [1.82, 2.24) is 0 Å². The standard InChI is InChI=1S/C29H30FNO2/c1-2-3-4-24-19-32-28(33-20-24)16-11-22-10-15-27-26(17-22)14-13-25(29(27)30)12-9-21-5-7-23(18-31)8-6-21/h2,5-8,10,13-15,17,24,28H,1,3-4,9,11-12,16,19-20H2. The molecule has 0 aliphatic carbocycles. The van der Waals surface area contributed by atoms with Crippen molar-refractivity contribution >= 4 is 10.8 Å². The van der Waals surface area contributed by atoms with Gasteiger partial charge >= 0.3 is 0 Å². The van der Waals surface area contributed by atoms with Gasteiger partial charge in [-0.15, -0.1) is 6.58 Å². The number of hydrogen-bond acceptors (Lipinski definition) is 3. The molecule has 1 saturated heterocycles. The Bertz CT molecular complexity index is 1120. The molecule has 1 heterocycles. The molecule has 0 atom stereocenters. The van der Waals surface area contributed by atoms with Crippen LogP contribution >= 0.6 is 0 Å². The summed E-state index contributed by atoms with van der Waals surface area (Å²) in [5.74, 6) is 0.311. The molecule has 4 rings (SSSR count). The van der Waals surface area contributed by atoms with Gasteiger partial charge in [0.25, 0.3) is 0 Å². The van der Waals surface area contributed by atoms with Crippen LogP contribution in [0.15, 0.2) is 67.3 Å². The van der Waals surface area contributed by atoms with Gasteiger partial charge in [-0.05, 0) is 66.3 Å². The highest BCUT2D eigenvalue weighted by atomic mass is 19.1. The first-order chi connectivity index (χ1) is 16.2. The third kappa shape index (κ3) is 6.07. The number of allylic oxidation sites excluding steroid dienone is 1. The number of hydrogen-bond donors (Lipinski definition) is 0. The van der Waals surface area contributed by atoms with Crippen LogP contribution < -0.4 is 0 Å². The molecule has 0 aromatic heterocycles. The van der Waals surface area contributed by atoms with Crippen LogP contribution in [-0.2, 0) is 28.7 Å². The van der Waals surface area contributed by atoms with Crippen LogP contribution in [0.4, 0.5) is 4.39 Å². The lowest BCUT2D eigenvalue weighted by molar-refractivity contribution is -0.203.